The van der Waals surface area contributed by atoms with E-state index >= 15 is 0 Å². The first kappa shape index (κ1) is 9.67. The van der Waals surface area contributed by atoms with Gasteiger partial charge >= 0.3 is 0 Å². The topological polar surface area (TPSA) is 78.0 Å². The fourth-order valence-electron chi connectivity index (χ4n) is 1.45. The highest BCUT2D eigenvalue weighted by Crippen LogP contribution is 2.37. The molecule has 0 bridgehead atoms. The van der Waals surface area contributed by atoms with Crippen LogP contribution in [-0.4, -0.2) is 18.0 Å². The lowest BCUT2D eigenvalue weighted by Gasteiger charge is -2.11. The summed E-state index contributed by atoms with van der Waals surface area (Å²) in [5.41, 5.74) is 0. The molecule has 0 spiro atoms. The van der Waals surface area contributed by atoms with Crippen molar-refractivity contribution < 1.29 is 8.42 Å². The summed E-state index contributed by atoms with van der Waals surface area (Å²) in [5, 5.41) is 4.35. The van der Waals surface area contributed by atoms with Crippen molar-refractivity contribution >= 4 is 10.0 Å². The quantitative estimate of drug-likeness (QED) is 0.800. The normalized spacial score (nSPS) is 19.6. The molecule has 0 aliphatic heterocycles. The lowest BCUT2D eigenvalue weighted by molar-refractivity contribution is 0.577. The Labute approximate surface area is 83.0 Å². The van der Waals surface area contributed by atoms with Crippen molar-refractivity contribution in [3.05, 3.63) is 18.2 Å². The highest BCUT2D eigenvalue weighted by atomic mass is 32.2. The van der Waals surface area contributed by atoms with Crippen molar-refractivity contribution in [2.45, 2.75) is 31.1 Å². The van der Waals surface area contributed by atoms with E-state index in [1.165, 1.54) is 0 Å². The predicted molar refractivity (Wildman–Crippen MR) is 52.0 cm³/mol. The van der Waals surface area contributed by atoms with Crippen LogP contribution in [0, 0.1) is 0 Å². The third kappa shape index (κ3) is 1.67. The molecule has 0 saturated heterocycles. The van der Waals surface area contributed by atoms with Crippen molar-refractivity contribution in [2.24, 2.45) is 5.14 Å². The van der Waals surface area contributed by atoms with Gasteiger partial charge in [-0.05, 0) is 19.8 Å². The van der Waals surface area contributed by atoms with Crippen LogP contribution in [0.3, 0.4) is 0 Å². The van der Waals surface area contributed by atoms with E-state index < -0.39 is 15.3 Å². The molecule has 1 aliphatic rings. The number of rotatable bonds is 3. The van der Waals surface area contributed by atoms with E-state index in [2.05, 4.69) is 4.98 Å². The first-order valence-corrected chi connectivity index (χ1v) is 6.15. The molecule has 78 valence electrons. The number of hydrogen-bond acceptors (Lipinski definition) is 3. The third-order valence-corrected chi connectivity index (χ3v) is 3.69. The minimum atomic E-state index is -3.54. The van der Waals surface area contributed by atoms with Crippen LogP contribution in [0.5, 0.6) is 0 Å². The second-order valence-corrected chi connectivity index (χ2v) is 5.54. The van der Waals surface area contributed by atoms with E-state index in [4.69, 9.17) is 5.14 Å². The van der Waals surface area contributed by atoms with Crippen LogP contribution >= 0.6 is 0 Å². The highest BCUT2D eigenvalue weighted by Gasteiger charge is 2.30. The molecular formula is C8H13N3O2S. The van der Waals surface area contributed by atoms with Crippen molar-refractivity contribution in [2.75, 3.05) is 0 Å². The number of aromatic nitrogens is 2. The van der Waals surface area contributed by atoms with Gasteiger partial charge in [-0.1, -0.05) is 0 Å². The van der Waals surface area contributed by atoms with Gasteiger partial charge in [0.05, 0.1) is 0 Å². The minimum Gasteiger partial charge on any atom is -0.331 e. The standard InChI is InChI=1S/C8H13N3O2S/c1-6(14(9,12)13)8-10-4-5-11(8)7-2-3-7/h4-7H,2-3H2,1H3,(H2,9,12,13)/t6-/m0/s1. The van der Waals surface area contributed by atoms with E-state index in [0.717, 1.165) is 12.8 Å². The molecule has 0 amide bonds. The number of hydrogen-bond donors (Lipinski definition) is 1. The molecule has 2 rings (SSSR count). The van der Waals surface area contributed by atoms with Gasteiger partial charge in [-0.2, -0.15) is 0 Å². The summed E-state index contributed by atoms with van der Waals surface area (Å²) in [5.74, 6) is 0.551. The molecular weight excluding hydrogens is 202 g/mol. The summed E-state index contributed by atoms with van der Waals surface area (Å²) in [6, 6.07) is 0.427. The van der Waals surface area contributed by atoms with Gasteiger partial charge in [0.1, 0.15) is 11.1 Å². The largest absolute Gasteiger partial charge is 0.331 e. The van der Waals surface area contributed by atoms with Gasteiger partial charge in [-0.15, -0.1) is 0 Å². The Bertz CT molecular complexity index is 433. The van der Waals surface area contributed by atoms with Crippen LogP contribution in [0.15, 0.2) is 12.4 Å². The van der Waals surface area contributed by atoms with Crippen molar-refractivity contribution in [3.8, 4) is 0 Å². The zero-order valence-electron chi connectivity index (χ0n) is 7.92. The van der Waals surface area contributed by atoms with E-state index in [1.807, 2.05) is 10.8 Å². The first-order valence-electron chi connectivity index (χ1n) is 4.54. The summed E-state index contributed by atoms with van der Waals surface area (Å²) in [4.78, 5) is 4.05. The van der Waals surface area contributed by atoms with Gasteiger partial charge in [0.2, 0.25) is 10.0 Å². The number of imidazole rings is 1. The number of nitrogens with zero attached hydrogens (tertiary/aromatic N) is 2. The molecule has 0 radical (unpaired) electrons. The van der Waals surface area contributed by atoms with E-state index in [9.17, 15) is 8.42 Å². The summed E-state index contributed by atoms with van der Waals surface area (Å²) < 4.78 is 24.2. The van der Waals surface area contributed by atoms with Crippen LogP contribution in [-0.2, 0) is 10.0 Å². The Kier molecular flexibility index (Phi) is 2.11. The van der Waals surface area contributed by atoms with E-state index in [0.29, 0.717) is 11.9 Å². The minimum absolute atomic E-state index is 0.427. The summed E-state index contributed by atoms with van der Waals surface area (Å²) >= 11 is 0. The van der Waals surface area contributed by atoms with Gasteiger partial charge in [-0.3, -0.25) is 0 Å². The average molecular weight is 215 g/mol. The number of nitrogens with two attached hydrogens (primary N) is 1. The molecule has 0 unspecified atom stereocenters. The smallest absolute Gasteiger partial charge is 0.218 e. The Hall–Kier alpha value is -0.880. The van der Waals surface area contributed by atoms with Crippen LogP contribution in [0.4, 0.5) is 0 Å². The molecule has 1 aromatic heterocycles. The molecule has 1 heterocycles. The molecule has 0 aromatic carbocycles. The van der Waals surface area contributed by atoms with Crippen molar-refractivity contribution in [3.63, 3.8) is 0 Å². The molecule has 5 nitrogen and oxygen atoms in total. The van der Waals surface area contributed by atoms with Gasteiger partial charge in [-0.25, -0.2) is 18.5 Å². The Morgan fingerprint density at radius 3 is 2.79 bits per heavy atom. The summed E-state index contributed by atoms with van der Waals surface area (Å²) in [6.07, 6.45) is 5.63. The second kappa shape index (κ2) is 3.06. The number of primary sulfonamides is 1. The molecule has 1 aromatic rings. The zero-order valence-corrected chi connectivity index (χ0v) is 8.74. The van der Waals surface area contributed by atoms with Gasteiger partial charge < -0.3 is 4.57 Å². The molecule has 1 fully saturated rings. The van der Waals surface area contributed by atoms with Crippen LogP contribution in [0.2, 0.25) is 0 Å². The van der Waals surface area contributed by atoms with Gasteiger partial charge in [0, 0.05) is 18.4 Å². The first-order chi connectivity index (χ1) is 6.50. The lowest BCUT2D eigenvalue weighted by Crippen LogP contribution is -2.22. The highest BCUT2D eigenvalue weighted by molar-refractivity contribution is 7.89. The summed E-state index contributed by atoms with van der Waals surface area (Å²) in [6.45, 7) is 1.57. The maximum Gasteiger partial charge on any atom is 0.218 e. The fourth-order valence-corrected chi connectivity index (χ4v) is 1.92. The van der Waals surface area contributed by atoms with Gasteiger partial charge in [0.25, 0.3) is 0 Å². The van der Waals surface area contributed by atoms with Crippen molar-refractivity contribution in [1.29, 1.82) is 0 Å². The molecule has 14 heavy (non-hydrogen) atoms. The lowest BCUT2D eigenvalue weighted by atomic mass is 10.4. The van der Waals surface area contributed by atoms with Crippen LogP contribution in [0.25, 0.3) is 0 Å². The van der Waals surface area contributed by atoms with Gasteiger partial charge in [0.15, 0.2) is 0 Å². The predicted octanol–water partition coefficient (Wildman–Crippen LogP) is 0.568. The molecule has 2 N–H and O–H groups in total. The molecule has 6 heteroatoms. The van der Waals surface area contributed by atoms with E-state index in [-0.39, 0.29) is 0 Å². The monoisotopic (exact) mass is 215 g/mol. The third-order valence-electron chi connectivity index (χ3n) is 2.50. The maximum atomic E-state index is 11.1. The second-order valence-electron chi connectivity index (χ2n) is 3.66. The number of sulfonamides is 1. The SMILES string of the molecule is C[C@@H](c1nccn1C1CC1)S(N)(=O)=O. The molecule has 1 saturated carbocycles. The fraction of sp³-hybridized carbons (Fsp3) is 0.625. The Morgan fingerprint density at radius 2 is 2.29 bits per heavy atom. The Balaban J connectivity index is 2.36. The van der Waals surface area contributed by atoms with Crippen LogP contribution in [0.1, 0.15) is 36.9 Å². The van der Waals surface area contributed by atoms with Crippen molar-refractivity contribution in [1.82, 2.24) is 9.55 Å². The zero-order chi connectivity index (χ0) is 10.3. The maximum absolute atomic E-state index is 11.1. The average Bonchev–Trinajstić information content (AvgIpc) is 2.81. The summed E-state index contributed by atoms with van der Waals surface area (Å²) in [7, 11) is -3.54. The van der Waals surface area contributed by atoms with E-state index in [1.54, 1.807) is 13.1 Å². The molecule has 1 atom stereocenters. The Morgan fingerprint density at radius 1 is 1.64 bits per heavy atom. The van der Waals surface area contributed by atoms with Crippen LogP contribution < -0.4 is 5.14 Å². The molecule has 1 aliphatic carbocycles.